The number of aromatic nitrogens is 2. The van der Waals surface area contributed by atoms with Gasteiger partial charge in [-0.1, -0.05) is 12.1 Å². The molecule has 0 bridgehead atoms. The summed E-state index contributed by atoms with van der Waals surface area (Å²) in [5.74, 6) is 0.704. The van der Waals surface area contributed by atoms with Gasteiger partial charge < -0.3 is 15.2 Å². The average Bonchev–Trinajstić information content (AvgIpc) is 2.97. The van der Waals surface area contributed by atoms with Crippen molar-refractivity contribution in [3.8, 4) is 0 Å². The summed E-state index contributed by atoms with van der Waals surface area (Å²) in [6.07, 6.45) is 2.64. The summed E-state index contributed by atoms with van der Waals surface area (Å²) in [5.41, 5.74) is 0.694. The van der Waals surface area contributed by atoms with E-state index in [1.807, 2.05) is 18.2 Å². The highest BCUT2D eigenvalue weighted by Gasteiger charge is 2.10. The zero-order chi connectivity index (χ0) is 13.8. The first kappa shape index (κ1) is 13.3. The number of hydrogen-bond acceptors (Lipinski definition) is 4. The molecular formula is C15H20N4O. The fourth-order valence-corrected chi connectivity index (χ4v) is 2.67. The van der Waals surface area contributed by atoms with E-state index in [1.165, 1.54) is 25.9 Å². The van der Waals surface area contributed by atoms with Crippen LogP contribution < -0.4 is 10.9 Å². The van der Waals surface area contributed by atoms with Crippen LogP contribution in [0.3, 0.4) is 0 Å². The third-order valence-electron chi connectivity index (χ3n) is 3.76. The van der Waals surface area contributed by atoms with Gasteiger partial charge in [0, 0.05) is 13.1 Å². The van der Waals surface area contributed by atoms with Crippen LogP contribution in [0.5, 0.6) is 0 Å². The molecular weight excluding hydrogens is 252 g/mol. The SMILES string of the molecule is O=c1[nH]c(CNCCN2CCCC2)nc2ccccc12. The molecule has 106 valence electrons. The van der Waals surface area contributed by atoms with E-state index in [1.54, 1.807) is 6.07 Å². The fraction of sp³-hybridized carbons (Fsp3) is 0.467. The lowest BCUT2D eigenvalue weighted by Gasteiger charge is -2.14. The molecule has 1 fully saturated rings. The highest BCUT2D eigenvalue weighted by molar-refractivity contribution is 5.77. The molecule has 0 radical (unpaired) electrons. The van der Waals surface area contributed by atoms with Crippen molar-refractivity contribution in [2.75, 3.05) is 26.2 Å². The van der Waals surface area contributed by atoms with Crippen molar-refractivity contribution in [3.63, 3.8) is 0 Å². The van der Waals surface area contributed by atoms with Crippen molar-refractivity contribution in [2.45, 2.75) is 19.4 Å². The number of para-hydroxylation sites is 1. The lowest BCUT2D eigenvalue weighted by molar-refractivity contribution is 0.335. The van der Waals surface area contributed by atoms with Crippen molar-refractivity contribution in [1.29, 1.82) is 0 Å². The van der Waals surface area contributed by atoms with Crippen molar-refractivity contribution >= 4 is 10.9 Å². The van der Waals surface area contributed by atoms with Crippen LogP contribution in [-0.4, -0.2) is 41.0 Å². The Morgan fingerprint density at radius 1 is 1.25 bits per heavy atom. The van der Waals surface area contributed by atoms with Crippen LogP contribution in [0.15, 0.2) is 29.1 Å². The van der Waals surface area contributed by atoms with E-state index in [9.17, 15) is 4.79 Å². The Morgan fingerprint density at radius 2 is 2.05 bits per heavy atom. The molecule has 1 aromatic carbocycles. The Hall–Kier alpha value is -1.72. The summed E-state index contributed by atoms with van der Waals surface area (Å²) >= 11 is 0. The molecule has 0 aliphatic carbocycles. The van der Waals surface area contributed by atoms with Gasteiger partial charge in [0.05, 0.1) is 17.4 Å². The maximum atomic E-state index is 11.9. The summed E-state index contributed by atoms with van der Waals surface area (Å²) in [7, 11) is 0. The molecule has 1 aromatic heterocycles. The van der Waals surface area contributed by atoms with E-state index in [2.05, 4.69) is 20.2 Å². The minimum absolute atomic E-state index is 0.0630. The van der Waals surface area contributed by atoms with Crippen molar-refractivity contribution in [1.82, 2.24) is 20.2 Å². The van der Waals surface area contributed by atoms with Gasteiger partial charge in [-0.25, -0.2) is 4.98 Å². The van der Waals surface area contributed by atoms with Crippen LogP contribution in [-0.2, 0) is 6.54 Å². The molecule has 0 amide bonds. The highest BCUT2D eigenvalue weighted by atomic mass is 16.1. The number of aromatic amines is 1. The van der Waals surface area contributed by atoms with Gasteiger partial charge in [-0.2, -0.15) is 0 Å². The number of fused-ring (bicyclic) bond motifs is 1. The Balaban J connectivity index is 1.58. The van der Waals surface area contributed by atoms with Gasteiger partial charge in [0.15, 0.2) is 0 Å². The van der Waals surface area contributed by atoms with E-state index in [0.717, 1.165) is 18.6 Å². The van der Waals surface area contributed by atoms with Gasteiger partial charge in [-0.05, 0) is 38.1 Å². The van der Waals surface area contributed by atoms with Crippen LogP contribution in [0.2, 0.25) is 0 Å². The van der Waals surface area contributed by atoms with Crippen LogP contribution in [0.1, 0.15) is 18.7 Å². The van der Waals surface area contributed by atoms with Gasteiger partial charge >= 0.3 is 0 Å². The first-order chi connectivity index (χ1) is 9.83. The average molecular weight is 272 g/mol. The fourth-order valence-electron chi connectivity index (χ4n) is 2.67. The van der Waals surface area contributed by atoms with Crippen LogP contribution >= 0.6 is 0 Å². The second-order valence-corrected chi connectivity index (χ2v) is 5.26. The zero-order valence-corrected chi connectivity index (χ0v) is 11.6. The van der Waals surface area contributed by atoms with E-state index >= 15 is 0 Å². The molecule has 5 heteroatoms. The van der Waals surface area contributed by atoms with Gasteiger partial charge in [-0.15, -0.1) is 0 Å². The third kappa shape index (κ3) is 3.05. The lowest BCUT2D eigenvalue weighted by Crippen LogP contribution is -2.30. The summed E-state index contributed by atoms with van der Waals surface area (Å²) in [4.78, 5) is 21.7. The minimum Gasteiger partial charge on any atom is -0.309 e. The smallest absolute Gasteiger partial charge is 0.258 e. The first-order valence-electron chi connectivity index (χ1n) is 7.24. The van der Waals surface area contributed by atoms with Crippen molar-refractivity contribution in [3.05, 3.63) is 40.4 Å². The molecule has 2 N–H and O–H groups in total. The minimum atomic E-state index is -0.0630. The van der Waals surface area contributed by atoms with Crippen LogP contribution in [0.4, 0.5) is 0 Å². The molecule has 2 aromatic rings. The number of hydrogen-bond donors (Lipinski definition) is 2. The number of rotatable bonds is 5. The van der Waals surface area contributed by atoms with Crippen LogP contribution in [0.25, 0.3) is 10.9 Å². The van der Waals surface area contributed by atoms with Crippen molar-refractivity contribution in [2.24, 2.45) is 0 Å². The molecule has 0 atom stereocenters. The Bertz CT molecular complexity index is 631. The molecule has 0 saturated carbocycles. The van der Waals surface area contributed by atoms with Gasteiger partial charge in [0.2, 0.25) is 0 Å². The van der Waals surface area contributed by atoms with Gasteiger partial charge in [-0.3, -0.25) is 4.79 Å². The second-order valence-electron chi connectivity index (χ2n) is 5.26. The van der Waals surface area contributed by atoms with E-state index in [4.69, 9.17) is 0 Å². The topological polar surface area (TPSA) is 61.0 Å². The normalized spacial score (nSPS) is 16.0. The Labute approximate surface area is 118 Å². The summed E-state index contributed by atoms with van der Waals surface area (Å²) in [6, 6.07) is 7.43. The highest BCUT2D eigenvalue weighted by Crippen LogP contribution is 2.06. The van der Waals surface area contributed by atoms with Gasteiger partial charge in [0.25, 0.3) is 5.56 Å². The standard InChI is InChI=1S/C15H20N4O/c20-15-12-5-1-2-6-13(12)17-14(18-15)11-16-7-10-19-8-3-4-9-19/h1-2,5-6,16H,3-4,7-11H2,(H,17,18,20). The molecule has 1 aliphatic rings. The molecule has 5 nitrogen and oxygen atoms in total. The molecule has 0 unspecified atom stereocenters. The largest absolute Gasteiger partial charge is 0.309 e. The monoisotopic (exact) mass is 272 g/mol. The molecule has 0 spiro atoms. The first-order valence-corrected chi connectivity index (χ1v) is 7.24. The maximum absolute atomic E-state index is 11.9. The number of nitrogens with one attached hydrogen (secondary N) is 2. The molecule has 3 rings (SSSR count). The maximum Gasteiger partial charge on any atom is 0.258 e. The predicted octanol–water partition coefficient (Wildman–Crippen LogP) is 1.11. The third-order valence-corrected chi connectivity index (χ3v) is 3.76. The van der Waals surface area contributed by atoms with Crippen LogP contribution in [0, 0.1) is 0 Å². The molecule has 1 saturated heterocycles. The number of benzene rings is 1. The number of H-pyrrole nitrogens is 1. The summed E-state index contributed by atoms with van der Waals surface area (Å²) in [6.45, 7) is 5.03. The summed E-state index contributed by atoms with van der Waals surface area (Å²) < 4.78 is 0. The zero-order valence-electron chi connectivity index (χ0n) is 11.6. The lowest BCUT2D eigenvalue weighted by atomic mass is 10.2. The predicted molar refractivity (Wildman–Crippen MR) is 79.7 cm³/mol. The van der Waals surface area contributed by atoms with Crippen molar-refractivity contribution < 1.29 is 0 Å². The molecule has 20 heavy (non-hydrogen) atoms. The van der Waals surface area contributed by atoms with E-state index in [0.29, 0.717) is 17.8 Å². The Kier molecular flexibility index (Phi) is 4.08. The number of nitrogens with zero attached hydrogens (tertiary/aromatic N) is 2. The molecule has 2 heterocycles. The van der Waals surface area contributed by atoms with E-state index < -0.39 is 0 Å². The van der Waals surface area contributed by atoms with E-state index in [-0.39, 0.29) is 5.56 Å². The quantitative estimate of drug-likeness (QED) is 0.800. The Morgan fingerprint density at radius 3 is 2.90 bits per heavy atom. The second kappa shape index (κ2) is 6.15. The molecule has 1 aliphatic heterocycles. The van der Waals surface area contributed by atoms with Gasteiger partial charge in [0.1, 0.15) is 5.82 Å². The summed E-state index contributed by atoms with van der Waals surface area (Å²) in [5, 5.41) is 3.99. The number of likely N-dealkylation sites (tertiary alicyclic amines) is 1.